The summed E-state index contributed by atoms with van der Waals surface area (Å²) in [5.41, 5.74) is 4.90. The molecule has 2 heterocycles. The number of benzene rings is 2. The van der Waals surface area contributed by atoms with Crippen molar-refractivity contribution < 1.29 is 14.6 Å². The fraction of sp³-hybridized carbons (Fsp3) is 0.441. The Hall–Kier alpha value is -3.93. The lowest BCUT2D eigenvalue weighted by Gasteiger charge is -2.32. The second-order valence-electron chi connectivity index (χ2n) is 11.9. The quantitative estimate of drug-likeness (QED) is 0.257. The van der Waals surface area contributed by atoms with Gasteiger partial charge in [0.25, 0.3) is 5.56 Å². The lowest BCUT2D eigenvalue weighted by atomic mass is 9.92. The standard InChI is InChI=1S/C34H40N4O4/c1-5-8-30-29(19-23-11-16-28(31(20-23)41-4)27-10-7-6-9-24(27)21-35)33(39)37(32-17-18-36-38(30)32)25-12-14-26(15-13-25)42-22-34(2,3)40/h6-7,9-11,16-18,20,25-26,40H,5,8,12-15,19,22H2,1-4H3/t25-,26-. The van der Waals surface area contributed by atoms with Crippen LogP contribution >= 0.6 is 0 Å². The van der Waals surface area contributed by atoms with Crippen LogP contribution in [0.4, 0.5) is 0 Å². The fourth-order valence-corrected chi connectivity index (χ4v) is 6.09. The molecule has 42 heavy (non-hydrogen) atoms. The van der Waals surface area contributed by atoms with Crippen LogP contribution < -0.4 is 10.3 Å². The summed E-state index contributed by atoms with van der Waals surface area (Å²) in [5, 5.41) is 24.3. The zero-order valence-electron chi connectivity index (χ0n) is 25.0. The van der Waals surface area contributed by atoms with Crippen LogP contribution in [-0.2, 0) is 17.6 Å². The number of ether oxygens (including phenoxy) is 2. The highest BCUT2D eigenvalue weighted by Gasteiger charge is 2.28. The minimum atomic E-state index is -0.860. The van der Waals surface area contributed by atoms with Gasteiger partial charge in [0.1, 0.15) is 11.4 Å². The predicted octanol–water partition coefficient (Wildman–Crippen LogP) is 5.86. The smallest absolute Gasteiger partial charge is 0.257 e. The lowest BCUT2D eigenvalue weighted by Crippen LogP contribution is -2.36. The highest BCUT2D eigenvalue weighted by molar-refractivity contribution is 5.76. The third-order valence-corrected chi connectivity index (χ3v) is 8.10. The average Bonchev–Trinajstić information content (AvgIpc) is 3.47. The number of aromatic nitrogens is 3. The first kappa shape index (κ1) is 29.6. The van der Waals surface area contributed by atoms with E-state index in [4.69, 9.17) is 9.47 Å². The molecule has 1 saturated carbocycles. The predicted molar refractivity (Wildman–Crippen MR) is 163 cm³/mol. The van der Waals surface area contributed by atoms with Gasteiger partial charge in [-0.25, -0.2) is 4.52 Å². The van der Waals surface area contributed by atoms with Crippen LogP contribution in [0.2, 0.25) is 0 Å². The highest BCUT2D eigenvalue weighted by atomic mass is 16.5. The normalized spacial score (nSPS) is 17.3. The van der Waals surface area contributed by atoms with E-state index in [0.717, 1.165) is 72.1 Å². The van der Waals surface area contributed by atoms with Gasteiger partial charge < -0.3 is 14.6 Å². The summed E-state index contributed by atoms with van der Waals surface area (Å²) < 4.78 is 15.7. The van der Waals surface area contributed by atoms with Gasteiger partial charge in [0.15, 0.2) is 0 Å². The summed E-state index contributed by atoms with van der Waals surface area (Å²) in [7, 11) is 1.63. The number of rotatable bonds is 10. The SMILES string of the molecule is CCCc1c(Cc2ccc(-c3ccccc3C#N)c(OC)c2)c(=O)n([C@H]2CC[C@H](OCC(C)(C)O)CC2)c2ccnn12. The van der Waals surface area contributed by atoms with E-state index in [1.165, 1.54) is 0 Å². The topological polar surface area (TPSA) is 102 Å². The van der Waals surface area contributed by atoms with Gasteiger partial charge in [0.2, 0.25) is 0 Å². The number of hydrogen-bond donors (Lipinski definition) is 1. The van der Waals surface area contributed by atoms with Gasteiger partial charge in [0, 0.05) is 35.2 Å². The Kier molecular flexibility index (Phi) is 8.81. The third kappa shape index (κ3) is 6.13. The fourth-order valence-electron chi connectivity index (χ4n) is 6.09. The maximum Gasteiger partial charge on any atom is 0.257 e. The van der Waals surface area contributed by atoms with Crippen LogP contribution in [0.1, 0.15) is 81.3 Å². The van der Waals surface area contributed by atoms with Gasteiger partial charge in [-0.1, -0.05) is 43.7 Å². The number of hydrogen-bond acceptors (Lipinski definition) is 6. The molecule has 2 aromatic carbocycles. The van der Waals surface area contributed by atoms with E-state index in [-0.39, 0.29) is 17.7 Å². The maximum absolute atomic E-state index is 14.3. The van der Waals surface area contributed by atoms with Crippen LogP contribution in [0.15, 0.2) is 59.5 Å². The minimum Gasteiger partial charge on any atom is -0.496 e. The summed E-state index contributed by atoms with van der Waals surface area (Å²) in [5.74, 6) is 0.664. The number of nitriles is 1. The third-order valence-electron chi connectivity index (χ3n) is 8.10. The molecule has 1 fully saturated rings. The molecule has 4 aromatic rings. The molecular formula is C34H40N4O4. The molecule has 0 bridgehead atoms. The second kappa shape index (κ2) is 12.5. The molecule has 5 rings (SSSR count). The van der Waals surface area contributed by atoms with E-state index in [2.05, 4.69) is 18.1 Å². The van der Waals surface area contributed by atoms with Gasteiger partial charge in [-0.2, -0.15) is 10.4 Å². The van der Waals surface area contributed by atoms with Crippen molar-refractivity contribution in [1.82, 2.24) is 14.2 Å². The zero-order chi connectivity index (χ0) is 29.9. The largest absolute Gasteiger partial charge is 0.496 e. The molecule has 220 valence electrons. The highest BCUT2D eigenvalue weighted by Crippen LogP contribution is 2.35. The van der Waals surface area contributed by atoms with Crippen molar-refractivity contribution in [3.8, 4) is 22.9 Å². The molecule has 0 amide bonds. The first-order valence-electron chi connectivity index (χ1n) is 14.8. The molecule has 0 spiro atoms. The molecular weight excluding hydrogens is 528 g/mol. The van der Waals surface area contributed by atoms with Crippen molar-refractivity contribution in [1.29, 1.82) is 5.26 Å². The van der Waals surface area contributed by atoms with E-state index < -0.39 is 5.60 Å². The van der Waals surface area contributed by atoms with E-state index in [1.54, 1.807) is 33.2 Å². The van der Waals surface area contributed by atoms with Crippen LogP contribution in [0.25, 0.3) is 16.8 Å². The van der Waals surface area contributed by atoms with Crippen molar-refractivity contribution in [2.24, 2.45) is 0 Å². The maximum atomic E-state index is 14.3. The molecule has 8 heteroatoms. The summed E-state index contributed by atoms with van der Waals surface area (Å²) in [6.45, 7) is 5.92. The Morgan fingerprint density at radius 1 is 1.10 bits per heavy atom. The second-order valence-corrected chi connectivity index (χ2v) is 11.9. The molecule has 8 nitrogen and oxygen atoms in total. The number of aliphatic hydroxyl groups is 1. The van der Waals surface area contributed by atoms with Crippen molar-refractivity contribution in [2.45, 2.75) is 83.5 Å². The van der Waals surface area contributed by atoms with Crippen LogP contribution in [-0.4, -0.2) is 44.7 Å². The average molecular weight is 569 g/mol. The zero-order valence-corrected chi connectivity index (χ0v) is 25.0. The Balaban J connectivity index is 1.50. The van der Waals surface area contributed by atoms with Crippen molar-refractivity contribution in [3.63, 3.8) is 0 Å². The Morgan fingerprint density at radius 2 is 1.86 bits per heavy atom. The van der Waals surface area contributed by atoms with Gasteiger partial charge in [-0.3, -0.25) is 9.36 Å². The summed E-state index contributed by atoms with van der Waals surface area (Å²) in [6, 6.07) is 17.7. The molecule has 0 atom stereocenters. The summed E-state index contributed by atoms with van der Waals surface area (Å²) in [4.78, 5) is 14.3. The molecule has 2 aromatic heterocycles. The van der Waals surface area contributed by atoms with Gasteiger partial charge in [-0.15, -0.1) is 0 Å². The monoisotopic (exact) mass is 568 g/mol. The van der Waals surface area contributed by atoms with E-state index in [9.17, 15) is 15.2 Å². The van der Waals surface area contributed by atoms with E-state index in [1.807, 2.05) is 51.5 Å². The first-order chi connectivity index (χ1) is 20.2. The molecule has 0 radical (unpaired) electrons. The number of aryl methyl sites for hydroxylation is 1. The van der Waals surface area contributed by atoms with E-state index in [0.29, 0.717) is 24.3 Å². The van der Waals surface area contributed by atoms with Gasteiger partial charge in [-0.05, 0) is 63.6 Å². The molecule has 0 aliphatic heterocycles. The van der Waals surface area contributed by atoms with Gasteiger partial charge >= 0.3 is 0 Å². The molecule has 1 aliphatic carbocycles. The van der Waals surface area contributed by atoms with Crippen LogP contribution in [0.3, 0.4) is 0 Å². The molecule has 1 N–H and O–H groups in total. The van der Waals surface area contributed by atoms with Crippen molar-refractivity contribution >= 4 is 5.65 Å². The minimum absolute atomic E-state index is 0.0326. The Labute approximate surface area is 247 Å². The Bertz CT molecular complexity index is 1650. The lowest BCUT2D eigenvalue weighted by molar-refractivity contribution is -0.0654. The van der Waals surface area contributed by atoms with Crippen LogP contribution in [0.5, 0.6) is 5.75 Å². The molecule has 1 aliphatic rings. The van der Waals surface area contributed by atoms with Crippen molar-refractivity contribution in [2.75, 3.05) is 13.7 Å². The van der Waals surface area contributed by atoms with Gasteiger partial charge in [0.05, 0.1) is 48.9 Å². The summed E-state index contributed by atoms with van der Waals surface area (Å²) >= 11 is 0. The molecule has 0 unspecified atom stereocenters. The first-order valence-corrected chi connectivity index (χ1v) is 14.8. The summed E-state index contributed by atoms with van der Waals surface area (Å²) in [6.07, 6.45) is 7.26. The Morgan fingerprint density at radius 3 is 2.55 bits per heavy atom. The van der Waals surface area contributed by atoms with Crippen LogP contribution in [0, 0.1) is 11.3 Å². The van der Waals surface area contributed by atoms with E-state index >= 15 is 0 Å². The number of fused-ring (bicyclic) bond motifs is 1. The van der Waals surface area contributed by atoms with Crippen molar-refractivity contribution in [3.05, 3.63) is 87.5 Å². The number of nitrogens with zero attached hydrogens (tertiary/aromatic N) is 4. The molecule has 0 saturated heterocycles. The number of methoxy groups -OCH3 is 1.